The summed E-state index contributed by atoms with van der Waals surface area (Å²) >= 11 is 0. The van der Waals surface area contributed by atoms with E-state index in [-0.39, 0.29) is 0 Å². The van der Waals surface area contributed by atoms with Gasteiger partial charge in [0.1, 0.15) is 0 Å². The van der Waals surface area contributed by atoms with E-state index in [0.29, 0.717) is 6.54 Å². The van der Waals surface area contributed by atoms with Crippen LogP contribution in [0.5, 0.6) is 0 Å². The molecule has 0 saturated heterocycles. The molecule has 1 N–H and O–H groups in total. The second-order valence-corrected chi connectivity index (χ2v) is 6.24. The molecule has 0 fully saturated rings. The number of hydrogen-bond acceptors (Lipinski definition) is 1. The molecule has 0 unspecified atom stereocenters. The molecule has 3 nitrogen and oxygen atoms in total. The minimum atomic E-state index is 0.694. The van der Waals surface area contributed by atoms with Crippen LogP contribution in [-0.2, 0) is 6.54 Å². The number of nitrogens with zero attached hydrogens (tertiary/aromatic N) is 2. The molecule has 0 atom stereocenters. The van der Waals surface area contributed by atoms with Crippen molar-refractivity contribution < 1.29 is 4.57 Å². The van der Waals surface area contributed by atoms with Crippen LogP contribution in [0.1, 0.15) is 11.1 Å². The van der Waals surface area contributed by atoms with Gasteiger partial charge in [-0.15, -0.1) is 0 Å². The first kappa shape index (κ1) is 15.1. The van der Waals surface area contributed by atoms with Gasteiger partial charge in [-0.2, -0.15) is 0 Å². The van der Waals surface area contributed by atoms with Crippen molar-refractivity contribution >= 4 is 47.3 Å². The van der Waals surface area contributed by atoms with Crippen LogP contribution in [-0.4, -0.2) is 26.2 Å². The first-order chi connectivity index (χ1) is 11.7. The molecular weight excluding hydrogens is 292 g/mol. The summed E-state index contributed by atoms with van der Waals surface area (Å²) in [7, 11) is 5.33. The first-order valence-corrected chi connectivity index (χ1v) is 8.23. The van der Waals surface area contributed by atoms with E-state index in [1.807, 2.05) is 0 Å². The number of benzene rings is 2. The first-order valence-electron chi connectivity index (χ1n) is 8.23. The second kappa shape index (κ2) is 5.90. The fourth-order valence-corrected chi connectivity index (χ4v) is 3.63. The van der Waals surface area contributed by atoms with Gasteiger partial charge in [0.05, 0.1) is 0 Å². The van der Waals surface area contributed by atoms with Gasteiger partial charge in [0.25, 0.3) is 0 Å². The van der Waals surface area contributed by atoms with Crippen molar-refractivity contribution in [1.82, 2.24) is 4.98 Å². The number of aryl methyl sites for hydroxylation is 2. The molecule has 0 amide bonds. The Morgan fingerprint density at radius 3 is 2.75 bits per heavy atom. The molecule has 114 valence electrons. The van der Waals surface area contributed by atoms with Crippen molar-refractivity contribution in [3.8, 4) is 0 Å². The Bertz CT molecular complexity index is 1100. The predicted octanol–water partition coefficient (Wildman–Crippen LogP) is 3.35. The molecular formula is C19H18B2N3+. The molecule has 2 aromatic heterocycles. The molecule has 0 saturated carbocycles. The van der Waals surface area contributed by atoms with Gasteiger partial charge < -0.3 is 0 Å². The zero-order valence-corrected chi connectivity index (χ0v) is 14.0. The van der Waals surface area contributed by atoms with Crippen LogP contribution in [0.2, 0.25) is 0 Å². The average Bonchev–Trinajstić information content (AvgIpc) is 3.00. The van der Waals surface area contributed by atoms with Gasteiger partial charge in [0.15, 0.2) is 0 Å². The predicted molar refractivity (Wildman–Crippen MR) is 102 cm³/mol. The quantitative estimate of drug-likeness (QED) is 0.445. The van der Waals surface area contributed by atoms with Crippen LogP contribution in [0.15, 0.2) is 47.6 Å². The van der Waals surface area contributed by atoms with E-state index >= 15 is 0 Å². The number of H-pyrrole nitrogens is 1. The molecule has 2 aromatic carbocycles. The Labute approximate surface area is 143 Å². The molecule has 0 bridgehead atoms. The zero-order chi connectivity index (χ0) is 16.7. The Balaban J connectivity index is 2.01. The van der Waals surface area contributed by atoms with E-state index in [4.69, 9.17) is 7.74 Å². The summed E-state index contributed by atoms with van der Waals surface area (Å²) in [6.07, 6.45) is 4.35. The molecule has 0 aliphatic rings. The standard InChI is InChI=1S/C19H17B2N3/c1-12-16-11-24(10-8-22-21-20)9-7-14(16)13(2)19-18(12)15-5-3-4-6-17(15)23-19/h3-7,9,11H,8,10H2,1-2H3/p+1. The Morgan fingerprint density at radius 1 is 1.08 bits per heavy atom. The van der Waals surface area contributed by atoms with Crippen molar-refractivity contribution in [2.24, 2.45) is 4.90 Å². The Hall–Kier alpha value is -2.42. The molecule has 4 rings (SSSR count). The normalized spacial score (nSPS) is 11.8. The number of rotatable bonds is 3. The van der Waals surface area contributed by atoms with Gasteiger partial charge in [0, 0.05) is 0 Å². The molecule has 2 radical (unpaired) electrons. The van der Waals surface area contributed by atoms with Gasteiger partial charge in [-0.25, -0.2) is 0 Å². The van der Waals surface area contributed by atoms with E-state index in [1.165, 1.54) is 50.7 Å². The van der Waals surface area contributed by atoms with E-state index in [9.17, 15) is 0 Å². The summed E-state index contributed by atoms with van der Waals surface area (Å²) in [6.45, 7) is 7.30. The molecule has 0 aliphatic carbocycles. The van der Waals surface area contributed by atoms with Crippen molar-refractivity contribution in [2.75, 3.05) is 6.54 Å². The monoisotopic (exact) mass is 310 g/mol. The molecule has 2 heterocycles. The minimum absolute atomic E-state index is 0.694. The van der Waals surface area contributed by atoms with Gasteiger partial charge in [-0.3, -0.25) is 0 Å². The zero-order valence-electron chi connectivity index (χ0n) is 14.0. The number of aromatic nitrogens is 2. The maximum absolute atomic E-state index is 5.33. The van der Waals surface area contributed by atoms with Crippen molar-refractivity contribution in [1.29, 1.82) is 0 Å². The van der Waals surface area contributed by atoms with Crippen molar-refractivity contribution in [2.45, 2.75) is 20.4 Å². The summed E-state index contributed by atoms with van der Waals surface area (Å²) in [5, 5.41) is 5.21. The molecule has 4 aromatic rings. The third-order valence-corrected chi connectivity index (χ3v) is 4.87. The Morgan fingerprint density at radius 2 is 1.92 bits per heavy atom. The van der Waals surface area contributed by atoms with E-state index in [2.05, 4.69) is 71.0 Å². The maximum atomic E-state index is 5.33. The van der Waals surface area contributed by atoms with Crippen LogP contribution in [0.25, 0.3) is 32.6 Å². The van der Waals surface area contributed by atoms with Gasteiger partial charge in [-0.1, -0.05) is 0 Å². The van der Waals surface area contributed by atoms with Crippen molar-refractivity contribution in [3.63, 3.8) is 0 Å². The van der Waals surface area contributed by atoms with Crippen LogP contribution >= 0.6 is 0 Å². The van der Waals surface area contributed by atoms with Crippen LogP contribution < -0.4 is 4.57 Å². The van der Waals surface area contributed by atoms with Crippen molar-refractivity contribution in [3.05, 3.63) is 53.9 Å². The third kappa shape index (κ3) is 2.27. The SMILES string of the molecule is [B]B=NCC[n+]1ccc2c(C)c3[nH]c4ccccc4c3c(C)c2c1. The fraction of sp³-hybridized carbons (Fsp3) is 0.211. The fourth-order valence-electron chi connectivity index (χ4n) is 3.63. The summed E-state index contributed by atoms with van der Waals surface area (Å²) in [6, 6.07) is 10.7. The Kier molecular flexibility index (Phi) is 3.72. The van der Waals surface area contributed by atoms with E-state index in [1.54, 1.807) is 0 Å². The summed E-state index contributed by atoms with van der Waals surface area (Å²) < 4.78 is 2.18. The number of aromatic amines is 1. The van der Waals surface area contributed by atoms with Gasteiger partial charge >= 0.3 is 143 Å². The second-order valence-electron chi connectivity index (χ2n) is 6.24. The number of nitrogens with one attached hydrogen (secondary N) is 1. The van der Waals surface area contributed by atoms with Crippen LogP contribution in [0, 0.1) is 13.8 Å². The summed E-state index contributed by atoms with van der Waals surface area (Å²) in [4.78, 5) is 7.69. The van der Waals surface area contributed by atoms with Gasteiger partial charge in [-0.05, 0) is 0 Å². The number of para-hydroxylation sites is 1. The third-order valence-electron chi connectivity index (χ3n) is 4.87. The summed E-state index contributed by atoms with van der Waals surface area (Å²) in [5.41, 5.74) is 5.06. The van der Waals surface area contributed by atoms with E-state index < -0.39 is 0 Å². The number of fused-ring (bicyclic) bond motifs is 4. The molecule has 0 aliphatic heterocycles. The topological polar surface area (TPSA) is 32.0 Å². The number of hydrogen-bond donors (Lipinski definition) is 1. The van der Waals surface area contributed by atoms with Crippen LogP contribution in [0.4, 0.5) is 0 Å². The number of pyridine rings is 1. The molecule has 24 heavy (non-hydrogen) atoms. The molecule has 0 spiro atoms. The molecule has 5 heteroatoms. The van der Waals surface area contributed by atoms with Gasteiger partial charge in [0.2, 0.25) is 0 Å². The van der Waals surface area contributed by atoms with E-state index in [0.717, 1.165) is 6.54 Å². The van der Waals surface area contributed by atoms with Crippen LogP contribution in [0.3, 0.4) is 0 Å². The summed E-state index contributed by atoms with van der Waals surface area (Å²) in [5.74, 6) is 0. The average molecular weight is 310 g/mol.